The van der Waals surface area contributed by atoms with Gasteiger partial charge in [-0.15, -0.1) is 0 Å². The predicted molar refractivity (Wildman–Crippen MR) is 153 cm³/mol. The van der Waals surface area contributed by atoms with Gasteiger partial charge < -0.3 is 34.3 Å². The van der Waals surface area contributed by atoms with Crippen LogP contribution >= 0.6 is 0 Å². The molecule has 0 saturated carbocycles. The van der Waals surface area contributed by atoms with E-state index in [1.165, 1.54) is 6.07 Å². The van der Waals surface area contributed by atoms with Gasteiger partial charge >= 0.3 is 59.1 Å². The van der Waals surface area contributed by atoms with Gasteiger partial charge in [-0.05, 0) is 73.4 Å². The quantitative estimate of drug-likeness (QED) is 0.175. The predicted octanol–water partition coefficient (Wildman–Crippen LogP) is -3.27. The first-order chi connectivity index (χ1) is 21.1. The summed E-state index contributed by atoms with van der Waals surface area (Å²) in [6.07, 6.45) is 1.66. The molecule has 1 aromatic heterocycles. The van der Waals surface area contributed by atoms with Crippen molar-refractivity contribution >= 4 is 23.7 Å². The zero-order chi connectivity index (χ0) is 31.4. The molecule has 0 spiro atoms. The number of aryl methyl sites for hydroxylation is 1. The van der Waals surface area contributed by atoms with Gasteiger partial charge in [-0.25, -0.2) is 13.8 Å². The molecule has 13 heteroatoms. The van der Waals surface area contributed by atoms with Crippen molar-refractivity contribution in [2.75, 3.05) is 31.1 Å². The van der Waals surface area contributed by atoms with Crippen LogP contribution in [-0.4, -0.2) is 53.9 Å². The third-order valence-electron chi connectivity index (χ3n) is 8.52. The monoisotopic (exact) mass is 651 g/mol. The SMILES string of the molecule is Cc1cc(C2CCN(C(=O)CC(=O)[O-])CC2)ccc1COc1c(F)cc(F)cc1-c1cccc(N2CCC(C(=O)[O-])CC2)n1.[Na+].[Na+]. The van der Waals surface area contributed by atoms with Crippen molar-refractivity contribution in [2.24, 2.45) is 5.92 Å². The number of pyridine rings is 1. The number of nitrogens with zero attached hydrogens (tertiary/aromatic N) is 3. The number of anilines is 1. The van der Waals surface area contributed by atoms with Crippen molar-refractivity contribution in [1.82, 2.24) is 9.88 Å². The van der Waals surface area contributed by atoms with Gasteiger partial charge in [0.1, 0.15) is 18.2 Å². The number of carbonyl (C=O) groups excluding carboxylic acids is 3. The second kappa shape index (κ2) is 17.0. The molecule has 0 unspecified atom stereocenters. The van der Waals surface area contributed by atoms with Gasteiger partial charge in [0.05, 0.1) is 18.1 Å². The Labute approximate surface area is 310 Å². The van der Waals surface area contributed by atoms with Crippen LogP contribution in [-0.2, 0) is 21.0 Å². The van der Waals surface area contributed by atoms with Crippen LogP contribution in [0.25, 0.3) is 11.3 Å². The largest absolute Gasteiger partial charge is 1.00 e. The maximum atomic E-state index is 15.1. The average molecular weight is 652 g/mol. The van der Waals surface area contributed by atoms with Crippen molar-refractivity contribution in [1.29, 1.82) is 0 Å². The van der Waals surface area contributed by atoms with Crippen molar-refractivity contribution in [3.05, 3.63) is 76.9 Å². The minimum Gasteiger partial charge on any atom is -0.550 e. The van der Waals surface area contributed by atoms with Crippen molar-refractivity contribution in [3.63, 3.8) is 0 Å². The summed E-state index contributed by atoms with van der Waals surface area (Å²) in [5.74, 6) is -4.32. The maximum Gasteiger partial charge on any atom is 1.00 e. The Morgan fingerprint density at radius 3 is 2.26 bits per heavy atom. The van der Waals surface area contributed by atoms with Crippen LogP contribution < -0.4 is 79.0 Å². The first kappa shape index (κ1) is 37.9. The number of piperidine rings is 2. The number of carbonyl (C=O) groups is 3. The number of hydrogen-bond acceptors (Lipinski definition) is 8. The van der Waals surface area contributed by atoms with E-state index < -0.39 is 41.8 Å². The summed E-state index contributed by atoms with van der Waals surface area (Å²) in [6.45, 7) is 3.86. The number of benzene rings is 2. The summed E-state index contributed by atoms with van der Waals surface area (Å²) >= 11 is 0. The van der Waals surface area contributed by atoms with Crippen LogP contribution in [0.3, 0.4) is 0 Å². The normalized spacial score (nSPS) is 15.5. The third-order valence-corrected chi connectivity index (χ3v) is 8.52. The van der Waals surface area contributed by atoms with E-state index >= 15 is 4.39 Å². The van der Waals surface area contributed by atoms with Gasteiger partial charge in [-0.2, -0.15) is 0 Å². The van der Waals surface area contributed by atoms with Gasteiger partial charge in [-0.1, -0.05) is 24.3 Å². The second-order valence-electron chi connectivity index (χ2n) is 11.4. The van der Waals surface area contributed by atoms with Crippen molar-refractivity contribution in [2.45, 2.75) is 51.6 Å². The maximum absolute atomic E-state index is 15.1. The molecule has 2 aliphatic rings. The summed E-state index contributed by atoms with van der Waals surface area (Å²) < 4.78 is 35.5. The fourth-order valence-electron chi connectivity index (χ4n) is 5.97. The number of amides is 1. The van der Waals surface area contributed by atoms with Crippen LogP contribution in [0.1, 0.15) is 54.7 Å². The molecular weight excluding hydrogens is 618 g/mol. The first-order valence-electron chi connectivity index (χ1n) is 14.7. The van der Waals surface area contributed by atoms with Gasteiger partial charge in [0.15, 0.2) is 11.6 Å². The molecule has 0 aliphatic carbocycles. The molecule has 0 radical (unpaired) electrons. The zero-order valence-corrected chi connectivity index (χ0v) is 30.4. The minimum absolute atomic E-state index is 0. The van der Waals surface area contributed by atoms with Gasteiger partial charge in [0.25, 0.3) is 0 Å². The minimum atomic E-state index is -1.38. The molecule has 2 fully saturated rings. The fraction of sp³-hybridized carbons (Fsp3) is 0.394. The van der Waals surface area contributed by atoms with E-state index in [1.54, 1.807) is 23.1 Å². The fourth-order valence-corrected chi connectivity index (χ4v) is 5.97. The van der Waals surface area contributed by atoms with Crippen LogP contribution in [0.15, 0.2) is 48.5 Å². The van der Waals surface area contributed by atoms with Crippen LogP contribution in [0.2, 0.25) is 0 Å². The number of aromatic nitrogens is 1. The Hall–Kier alpha value is -2.54. The van der Waals surface area contributed by atoms with Crippen molar-refractivity contribution < 1.29 is 97.2 Å². The summed E-state index contributed by atoms with van der Waals surface area (Å²) in [7, 11) is 0. The number of hydrogen-bond donors (Lipinski definition) is 0. The summed E-state index contributed by atoms with van der Waals surface area (Å²) in [5, 5.41) is 22.0. The van der Waals surface area contributed by atoms with E-state index in [1.807, 2.05) is 30.0 Å². The molecule has 1 amide bonds. The molecule has 2 aromatic carbocycles. The number of rotatable bonds is 9. The van der Waals surface area contributed by atoms with Crippen LogP contribution in [0.4, 0.5) is 14.6 Å². The molecule has 3 heterocycles. The Balaban J connectivity index is 0.00000288. The zero-order valence-electron chi connectivity index (χ0n) is 26.4. The van der Waals surface area contributed by atoms with E-state index in [2.05, 4.69) is 4.98 Å². The molecule has 0 N–H and O–H groups in total. The summed E-state index contributed by atoms with van der Waals surface area (Å²) in [5.41, 5.74) is 3.35. The molecule has 46 heavy (non-hydrogen) atoms. The Bertz CT molecular complexity index is 1560. The number of carboxylic acid groups (broad SMARTS) is 2. The summed E-state index contributed by atoms with van der Waals surface area (Å²) in [6, 6.07) is 13.1. The molecule has 5 rings (SSSR count). The number of aliphatic carboxylic acids is 2. The number of likely N-dealkylation sites (tertiary alicyclic amines) is 1. The van der Waals surface area contributed by atoms with Crippen LogP contribution in [0, 0.1) is 24.5 Å². The van der Waals surface area contributed by atoms with Crippen molar-refractivity contribution in [3.8, 4) is 17.0 Å². The van der Waals surface area contributed by atoms with E-state index in [9.17, 15) is 29.0 Å². The molecule has 0 bridgehead atoms. The Kier molecular flexibility index (Phi) is 14.0. The van der Waals surface area contributed by atoms with E-state index in [4.69, 9.17) is 4.74 Å². The number of ether oxygens (including phenoxy) is 1. The molecule has 2 aliphatic heterocycles. The van der Waals surface area contributed by atoms with Gasteiger partial charge in [0.2, 0.25) is 5.91 Å². The van der Waals surface area contributed by atoms with E-state index in [0.717, 1.165) is 22.8 Å². The van der Waals surface area contributed by atoms with Crippen LogP contribution in [0.5, 0.6) is 5.75 Å². The molecule has 2 saturated heterocycles. The summed E-state index contributed by atoms with van der Waals surface area (Å²) in [4.78, 5) is 42.1. The average Bonchev–Trinajstić information content (AvgIpc) is 3.00. The van der Waals surface area contributed by atoms with Gasteiger partial charge in [-0.3, -0.25) is 4.79 Å². The molecule has 3 aromatic rings. The van der Waals surface area contributed by atoms with E-state index in [-0.39, 0.29) is 83.0 Å². The molecule has 9 nitrogen and oxygen atoms in total. The second-order valence-corrected chi connectivity index (χ2v) is 11.4. The Morgan fingerprint density at radius 1 is 0.935 bits per heavy atom. The number of halogens is 2. The molecular formula is C33H33F2N3Na2O6. The topological polar surface area (TPSA) is 126 Å². The molecule has 0 atom stereocenters. The Morgan fingerprint density at radius 2 is 1.63 bits per heavy atom. The molecule has 232 valence electrons. The smallest absolute Gasteiger partial charge is 0.550 e. The van der Waals surface area contributed by atoms with E-state index in [0.29, 0.717) is 63.4 Å². The first-order valence-corrected chi connectivity index (χ1v) is 14.7. The standard InChI is InChI=1S/C33H35F2N3O6.2Na/c1-20-15-23(21-7-13-38(14-8-21)30(39)18-31(40)41)5-6-24(20)19-44-32-26(16-25(34)17-27(32)35)28-3-2-4-29(36-28)37-11-9-22(10-12-37)33(42)43;;/h2-6,15-17,21-22H,7-14,18-19H2,1H3,(H,40,41)(H,42,43);;/q;2*+1/p-2. The number of carboxylic acids is 2. The third kappa shape index (κ3) is 9.29. The van der Waals surface area contributed by atoms with Gasteiger partial charge in [0, 0.05) is 49.7 Å².